The second kappa shape index (κ2) is 7.43. The fraction of sp³-hybridized carbons (Fsp3) is 0.280. The van der Waals surface area contributed by atoms with Gasteiger partial charge < -0.3 is 9.30 Å². The third-order valence-corrected chi connectivity index (χ3v) is 6.61. The summed E-state index contributed by atoms with van der Waals surface area (Å²) in [6, 6.07) is 13.4. The Balaban J connectivity index is 2.00. The fourth-order valence-electron chi connectivity index (χ4n) is 4.77. The number of nitrogens with zero attached hydrogens (tertiary/aromatic N) is 3. The van der Waals surface area contributed by atoms with Gasteiger partial charge in [-0.15, -0.1) is 0 Å². The molecule has 0 saturated carbocycles. The van der Waals surface area contributed by atoms with E-state index in [1.54, 1.807) is 31.3 Å². The van der Waals surface area contributed by atoms with Crippen molar-refractivity contribution in [3.05, 3.63) is 91.5 Å². The van der Waals surface area contributed by atoms with Crippen LogP contribution in [0, 0.1) is 5.82 Å². The van der Waals surface area contributed by atoms with E-state index in [1.165, 1.54) is 23.7 Å². The van der Waals surface area contributed by atoms with Gasteiger partial charge >= 0.3 is 5.69 Å². The number of aryl methyl sites for hydroxylation is 1. The van der Waals surface area contributed by atoms with Crippen molar-refractivity contribution in [2.24, 2.45) is 14.1 Å². The Morgan fingerprint density at radius 1 is 1.00 bits per heavy atom. The van der Waals surface area contributed by atoms with Crippen molar-refractivity contribution in [2.45, 2.75) is 25.5 Å². The maximum atomic E-state index is 13.7. The number of benzene rings is 2. The molecule has 0 aliphatic carbocycles. The van der Waals surface area contributed by atoms with Crippen molar-refractivity contribution in [2.75, 3.05) is 6.61 Å². The molecule has 0 amide bonds. The standard InChI is InChI=1S/C25H23ClFN3O3/c1-25(2)13-33-22(15-7-11-17(27)12-8-15)21-20-18(23(31)29(4)24(32)28(20)3)19(30(21)25)14-5-9-16(26)10-6-14/h5-12,22H,13H2,1-4H3. The monoisotopic (exact) mass is 467 g/mol. The van der Waals surface area contributed by atoms with Crippen LogP contribution in [0.2, 0.25) is 5.02 Å². The zero-order chi connectivity index (χ0) is 23.7. The zero-order valence-electron chi connectivity index (χ0n) is 18.7. The summed E-state index contributed by atoms with van der Waals surface area (Å²) in [7, 11) is 3.13. The number of rotatable bonds is 2. The van der Waals surface area contributed by atoms with Crippen LogP contribution in [0.4, 0.5) is 4.39 Å². The lowest BCUT2D eigenvalue weighted by atomic mass is 9.98. The van der Waals surface area contributed by atoms with E-state index in [1.807, 2.05) is 26.0 Å². The first-order valence-electron chi connectivity index (χ1n) is 10.6. The molecule has 3 heterocycles. The molecule has 1 aliphatic rings. The molecule has 0 spiro atoms. The van der Waals surface area contributed by atoms with Gasteiger partial charge in [0, 0.05) is 19.1 Å². The Morgan fingerprint density at radius 3 is 2.27 bits per heavy atom. The zero-order valence-corrected chi connectivity index (χ0v) is 19.5. The van der Waals surface area contributed by atoms with Gasteiger partial charge in [0.15, 0.2) is 0 Å². The fourth-order valence-corrected chi connectivity index (χ4v) is 4.90. The van der Waals surface area contributed by atoms with Crippen LogP contribution in [-0.2, 0) is 24.4 Å². The summed E-state index contributed by atoms with van der Waals surface area (Å²) in [5.74, 6) is -0.349. The summed E-state index contributed by atoms with van der Waals surface area (Å²) in [6.45, 7) is 4.41. The van der Waals surface area contributed by atoms with Gasteiger partial charge in [-0.05, 0) is 49.2 Å². The highest BCUT2D eigenvalue weighted by Gasteiger charge is 2.40. The first kappa shape index (κ1) is 21.7. The van der Waals surface area contributed by atoms with Crippen LogP contribution in [0.15, 0.2) is 58.1 Å². The normalized spacial score (nSPS) is 17.3. The van der Waals surface area contributed by atoms with Crippen LogP contribution < -0.4 is 11.2 Å². The Morgan fingerprint density at radius 2 is 1.64 bits per heavy atom. The highest BCUT2D eigenvalue weighted by Crippen LogP contribution is 2.45. The van der Waals surface area contributed by atoms with Gasteiger partial charge in [-0.3, -0.25) is 13.9 Å². The molecule has 1 unspecified atom stereocenters. The molecule has 4 aromatic rings. The molecule has 2 aromatic carbocycles. The van der Waals surface area contributed by atoms with E-state index >= 15 is 0 Å². The van der Waals surface area contributed by atoms with Gasteiger partial charge in [0.05, 0.1) is 34.4 Å². The van der Waals surface area contributed by atoms with Crippen LogP contribution in [0.25, 0.3) is 22.2 Å². The van der Waals surface area contributed by atoms with E-state index in [4.69, 9.17) is 16.3 Å². The van der Waals surface area contributed by atoms with Crippen molar-refractivity contribution in [3.8, 4) is 11.3 Å². The topological polar surface area (TPSA) is 58.2 Å². The smallest absolute Gasteiger partial charge is 0.331 e. The maximum Gasteiger partial charge on any atom is 0.331 e. The minimum Gasteiger partial charge on any atom is -0.365 e. The molecule has 33 heavy (non-hydrogen) atoms. The van der Waals surface area contributed by atoms with Crippen LogP contribution >= 0.6 is 11.6 Å². The Labute approximate surface area is 194 Å². The molecule has 1 aliphatic heterocycles. The first-order chi connectivity index (χ1) is 15.6. The maximum absolute atomic E-state index is 13.7. The Bertz CT molecular complexity index is 1510. The summed E-state index contributed by atoms with van der Waals surface area (Å²) in [4.78, 5) is 26.4. The summed E-state index contributed by atoms with van der Waals surface area (Å²) in [5, 5.41) is 1.02. The number of hydrogen-bond acceptors (Lipinski definition) is 3. The molecule has 8 heteroatoms. The molecule has 6 nitrogen and oxygen atoms in total. The van der Waals surface area contributed by atoms with Crippen molar-refractivity contribution in [1.82, 2.24) is 13.7 Å². The molecular formula is C25H23ClFN3O3. The summed E-state index contributed by atoms with van der Waals surface area (Å²) in [6.07, 6.45) is -0.583. The molecule has 0 N–H and O–H groups in total. The summed E-state index contributed by atoms with van der Waals surface area (Å²) >= 11 is 6.14. The van der Waals surface area contributed by atoms with E-state index in [9.17, 15) is 14.0 Å². The average Bonchev–Trinajstić information content (AvgIpc) is 3.15. The predicted molar refractivity (Wildman–Crippen MR) is 126 cm³/mol. The summed E-state index contributed by atoms with van der Waals surface area (Å²) < 4.78 is 24.7. The molecule has 0 bridgehead atoms. The second-order valence-electron chi connectivity index (χ2n) is 9.06. The van der Waals surface area contributed by atoms with Crippen LogP contribution in [0.5, 0.6) is 0 Å². The quantitative estimate of drug-likeness (QED) is 0.440. The number of hydrogen-bond donors (Lipinski definition) is 0. The number of fused-ring (bicyclic) bond motifs is 3. The van der Waals surface area contributed by atoms with Gasteiger partial charge in [-0.2, -0.15) is 0 Å². The molecular weight excluding hydrogens is 445 g/mol. The van der Waals surface area contributed by atoms with Gasteiger partial charge in [-0.1, -0.05) is 35.9 Å². The first-order valence-corrected chi connectivity index (χ1v) is 11.0. The van der Waals surface area contributed by atoms with Crippen molar-refractivity contribution in [1.29, 1.82) is 0 Å². The predicted octanol–water partition coefficient (Wildman–Crippen LogP) is 4.35. The Hall–Kier alpha value is -3.16. The Kier molecular flexibility index (Phi) is 4.88. The van der Waals surface area contributed by atoms with Crippen LogP contribution in [0.3, 0.4) is 0 Å². The minimum absolute atomic E-state index is 0.349. The van der Waals surface area contributed by atoms with Gasteiger partial charge in [0.1, 0.15) is 11.9 Å². The van der Waals surface area contributed by atoms with Crippen molar-refractivity contribution in [3.63, 3.8) is 0 Å². The van der Waals surface area contributed by atoms with Gasteiger partial charge in [0.2, 0.25) is 0 Å². The summed E-state index contributed by atoms with van der Waals surface area (Å²) in [5.41, 5.74) is 2.11. The van der Waals surface area contributed by atoms with Crippen molar-refractivity contribution < 1.29 is 9.13 Å². The van der Waals surface area contributed by atoms with Gasteiger partial charge in [-0.25, -0.2) is 9.18 Å². The van der Waals surface area contributed by atoms with E-state index in [2.05, 4.69) is 4.57 Å². The largest absolute Gasteiger partial charge is 0.365 e. The van der Waals surface area contributed by atoms with Gasteiger partial charge in [0.25, 0.3) is 5.56 Å². The van der Waals surface area contributed by atoms with E-state index in [0.717, 1.165) is 15.7 Å². The van der Waals surface area contributed by atoms with E-state index in [-0.39, 0.29) is 11.4 Å². The molecule has 0 radical (unpaired) electrons. The minimum atomic E-state index is -0.583. The molecule has 0 fully saturated rings. The number of aromatic nitrogens is 3. The third kappa shape index (κ3) is 3.18. The van der Waals surface area contributed by atoms with Crippen LogP contribution in [-0.4, -0.2) is 20.3 Å². The number of ether oxygens (including phenoxy) is 1. The lowest BCUT2D eigenvalue weighted by Crippen LogP contribution is -2.40. The average molecular weight is 468 g/mol. The molecule has 5 rings (SSSR count). The lowest BCUT2D eigenvalue weighted by Gasteiger charge is -2.39. The molecule has 0 saturated heterocycles. The van der Waals surface area contributed by atoms with E-state index < -0.39 is 17.3 Å². The number of halogens is 2. The highest BCUT2D eigenvalue weighted by molar-refractivity contribution is 6.30. The highest BCUT2D eigenvalue weighted by atomic mass is 35.5. The molecule has 2 aromatic heterocycles. The third-order valence-electron chi connectivity index (χ3n) is 6.36. The van der Waals surface area contributed by atoms with E-state index in [0.29, 0.717) is 33.9 Å². The van der Waals surface area contributed by atoms with Crippen LogP contribution in [0.1, 0.15) is 31.2 Å². The molecule has 1 atom stereocenters. The SMILES string of the molecule is Cn1c(=O)c2c(-c3ccc(Cl)cc3)n3c(c2n(C)c1=O)C(c1ccc(F)cc1)OCC3(C)C. The molecule has 170 valence electrons. The van der Waals surface area contributed by atoms with Crippen molar-refractivity contribution >= 4 is 22.5 Å². The second-order valence-corrected chi connectivity index (χ2v) is 9.50. The lowest BCUT2D eigenvalue weighted by molar-refractivity contribution is -0.00709.